The van der Waals surface area contributed by atoms with Crippen LogP contribution in [-0.4, -0.2) is 20.2 Å². The van der Waals surface area contributed by atoms with Crippen LogP contribution in [0.5, 0.6) is 0 Å². The van der Waals surface area contributed by atoms with Gasteiger partial charge < -0.3 is 4.74 Å². The van der Waals surface area contributed by atoms with Gasteiger partial charge in [0, 0.05) is 0 Å². The maximum atomic E-state index is 5.42. The van der Waals surface area contributed by atoms with Gasteiger partial charge in [0.05, 0.1) is 6.61 Å². The lowest BCUT2D eigenvalue weighted by Gasteiger charge is -2.02. The molecule has 1 aromatic heterocycles. The van der Waals surface area contributed by atoms with E-state index in [-0.39, 0.29) is 0 Å². The van der Waals surface area contributed by atoms with Crippen LogP contribution >= 0.6 is 0 Å². The Morgan fingerprint density at radius 2 is 2.07 bits per heavy atom. The molecular formula is C10H12N4O. The van der Waals surface area contributed by atoms with Gasteiger partial charge in [-0.25, -0.2) is 0 Å². The van der Waals surface area contributed by atoms with E-state index in [1.54, 1.807) is 6.92 Å². The Hall–Kier alpha value is -1.75. The summed E-state index contributed by atoms with van der Waals surface area (Å²) in [6.07, 6.45) is 0. The molecule has 0 aliphatic carbocycles. The molecule has 2 rings (SSSR count). The summed E-state index contributed by atoms with van der Waals surface area (Å²) in [5.74, 6) is 0.651. The van der Waals surface area contributed by atoms with E-state index in [2.05, 4.69) is 15.4 Å². The van der Waals surface area contributed by atoms with Crippen molar-refractivity contribution in [1.82, 2.24) is 20.2 Å². The monoisotopic (exact) mass is 204 g/mol. The zero-order chi connectivity index (χ0) is 10.5. The van der Waals surface area contributed by atoms with Crippen LogP contribution in [-0.2, 0) is 18.1 Å². The molecule has 0 saturated heterocycles. The molecule has 2 aromatic rings. The Kier molecular flexibility index (Phi) is 3.04. The predicted molar refractivity (Wildman–Crippen MR) is 53.8 cm³/mol. The Balaban J connectivity index is 1.80. The average Bonchev–Trinajstić information content (AvgIpc) is 2.66. The third-order valence-electron chi connectivity index (χ3n) is 1.87. The lowest BCUT2D eigenvalue weighted by molar-refractivity contribution is 0.0458. The first-order valence-electron chi connectivity index (χ1n) is 4.71. The van der Waals surface area contributed by atoms with Gasteiger partial charge in [0.1, 0.15) is 0 Å². The summed E-state index contributed by atoms with van der Waals surface area (Å²) in [6.45, 7) is 2.68. The van der Waals surface area contributed by atoms with E-state index < -0.39 is 0 Å². The van der Waals surface area contributed by atoms with Crippen LogP contribution in [0, 0.1) is 6.92 Å². The first-order valence-corrected chi connectivity index (χ1v) is 4.71. The minimum atomic E-state index is 0.329. The Morgan fingerprint density at radius 3 is 2.73 bits per heavy atom. The van der Waals surface area contributed by atoms with Crippen molar-refractivity contribution in [1.29, 1.82) is 0 Å². The van der Waals surface area contributed by atoms with Crippen LogP contribution in [0.4, 0.5) is 0 Å². The molecule has 0 atom stereocenters. The van der Waals surface area contributed by atoms with Gasteiger partial charge in [-0.2, -0.15) is 0 Å². The number of tetrazole rings is 1. The van der Waals surface area contributed by atoms with Crippen LogP contribution < -0.4 is 0 Å². The van der Waals surface area contributed by atoms with E-state index in [0.717, 1.165) is 5.56 Å². The maximum Gasteiger partial charge on any atom is 0.171 e. The van der Waals surface area contributed by atoms with E-state index in [9.17, 15) is 0 Å². The number of hydrogen-bond donors (Lipinski definition) is 0. The molecule has 0 spiro atoms. The Labute approximate surface area is 87.7 Å². The molecule has 5 nitrogen and oxygen atoms in total. The first kappa shape index (κ1) is 9.79. The predicted octanol–water partition coefficient (Wildman–Crippen LogP) is 1.16. The van der Waals surface area contributed by atoms with Crippen molar-refractivity contribution in [2.45, 2.75) is 20.3 Å². The Morgan fingerprint density at radius 1 is 1.27 bits per heavy atom. The van der Waals surface area contributed by atoms with Crippen molar-refractivity contribution < 1.29 is 4.74 Å². The molecule has 78 valence electrons. The second kappa shape index (κ2) is 4.65. The van der Waals surface area contributed by atoms with Crippen molar-refractivity contribution in [3.05, 3.63) is 41.7 Å². The summed E-state index contributed by atoms with van der Waals surface area (Å²) >= 11 is 0. The van der Waals surface area contributed by atoms with Gasteiger partial charge in [-0.15, -0.1) is 15.0 Å². The molecular weight excluding hydrogens is 192 g/mol. The fourth-order valence-corrected chi connectivity index (χ4v) is 1.20. The molecule has 0 aliphatic heterocycles. The van der Waals surface area contributed by atoms with Gasteiger partial charge in [-0.3, -0.25) is 0 Å². The zero-order valence-electron chi connectivity index (χ0n) is 8.50. The highest BCUT2D eigenvalue weighted by Crippen LogP contribution is 2.00. The van der Waals surface area contributed by atoms with Crippen LogP contribution in [0.25, 0.3) is 0 Å². The van der Waals surface area contributed by atoms with Gasteiger partial charge in [0.25, 0.3) is 0 Å². The lowest BCUT2D eigenvalue weighted by atomic mass is 10.2. The van der Waals surface area contributed by atoms with E-state index >= 15 is 0 Å². The molecule has 0 amide bonds. The van der Waals surface area contributed by atoms with Crippen LogP contribution in [0.2, 0.25) is 0 Å². The van der Waals surface area contributed by atoms with E-state index in [1.807, 2.05) is 30.3 Å². The van der Waals surface area contributed by atoms with Crippen molar-refractivity contribution >= 4 is 0 Å². The van der Waals surface area contributed by atoms with Crippen LogP contribution in [0.1, 0.15) is 11.4 Å². The molecule has 0 radical (unpaired) electrons. The van der Waals surface area contributed by atoms with Crippen molar-refractivity contribution in [2.24, 2.45) is 0 Å². The van der Waals surface area contributed by atoms with Crippen LogP contribution in [0.3, 0.4) is 0 Å². The van der Waals surface area contributed by atoms with Gasteiger partial charge >= 0.3 is 0 Å². The molecule has 1 aromatic carbocycles. The fourth-order valence-electron chi connectivity index (χ4n) is 1.20. The SMILES string of the molecule is Cc1nnn(COCc2ccccc2)n1. The highest BCUT2D eigenvalue weighted by Gasteiger charge is 1.97. The summed E-state index contributed by atoms with van der Waals surface area (Å²) in [5.41, 5.74) is 1.13. The third-order valence-corrected chi connectivity index (χ3v) is 1.87. The van der Waals surface area contributed by atoms with E-state index in [1.165, 1.54) is 4.80 Å². The molecule has 1 heterocycles. The van der Waals surface area contributed by atoms with Gasteiger partial charge in [-0.1, -0.05) is 30.3 Å². The number of aromatic nitrogens is 4. The third kappa shape index (κ3) is 2.85. The van der Waals surface area contributed by atoms with Gasteiger partial charge in [0.15, 0.2) is 12.6 Å². The minimum Gasteiger partial charge on any atom is -0.353 e. The summed E-state index contributed by atoms with van der Waals surface area (Å²) in [7, 11) is 0. The van der Waals surface area contributed by atoms with Gasteiger partial charge in [0.2, 0.25) is 0 Å². The van der Waals surface area contributed by atoms with Gasteiger partial charge in [-0.05, 0) is 17.7 Å². The van der Waals surface area contributed by atoms with E-state index in [0.29, 0.717) is 19.2 Å². The first-order chi connectivity index (χ1) is 7.34. The topological polar surface area (TPSA) is 52.8 Å². The Bertz CT molecular complexity index is 412. The smallest absolute Gasteiger partial charge is 0.171 e. The number of hydrogen-bond acceptors (Lipinski definition) is 4. The summed E-state index contributed by atoms with van der Waals surface area (Å²) in [4.78, 5) is 1.43. The highest BCUT2D eigenvalue weighted by atomic mass is 16.5. The second-order valence-corrected chi connectivity index (χ2v) is 3.17. The van der Waals surface area contributed by atoms with Crippen molar-refractivity contribution in [2.75, 3.05) is 0 Å². The molecule has 0 aliphatic rings. The molecule has 0 fully saturated rings. The number of nitrogens with zero attached hydrogens (tertiary/aromatic N) is 4. The highest BCUT2D eigenvalue weighted by molar-refractivity contribution is 5.13. The number of ether oxygens (including phenoxy) is 1. The number of rotatable bonds is 4. The molecule has 15 heavy (non-hydrogen) atoms. The summed E-state index contributed by atoms with van der Waals surface area (Å²) in [5, 5.41) is 11.6. The molecule has 0 saturated carbocycles. The molecule has 0 unspecified atom stereocenters. The molecule has 0 bridgehead atoms. The number of aryl methyl sites for hydroxylation is 1. The largest absolute Gasteiger partial charge is 0.353 e. The average molecular weight is 204 g/mol. The molecule has 0 N–H and O–H groups in total. The fraction of sp³-hybridized carbons (Fsp3) is 0.300. The standard InChI is InChI=1S/C10H12N4O/c1-9-11-13-14(12-9)8-15-7-10-5-3-2-4-6-10/h2-6H,7-8H2,1H3. The lowest BCUT2D eigenvalue weighted by Crippen LogP contribution is -2.06. The van der Waals surface area contributed by atoms with Crippen molar-refractivity contribution in [3.63, 3.8) is 0 Å². The second-order valence-electron chi connectivity index (χ2n) is 3.17. The quantitative estimate of drug-likeness (QED) is 0.749. The zero-order valence-corrected chi connectivity index (χ0v) is 8.50. The molecule has 5 heteroatoms. The maximum absolute atomic E-state index is 5.42. The normalized spacial score (nSPS) is 10.5. The minimum absolute atomic E-state index is 0.329. The van der Waals surface area contributed by atoms with Crippen molar-refractivity contribution in [3.8, 4) is 0 Å². The van der Waals surface area contributed by atoms with E-state index in [4.69, 9.17) is 4.74 Å². The number of benzene rings is 1. The summed E-state index contributed by atoms with van der Waals surface area (Å²) < 4.78 is 5.42. The van der Waals surface area contributed by atoms with Crippen LogP contribution in [0.15, 0.2) is 30.3 Å². The summed E-state index contributed by atoms with van der Waals surface area (Å²) in [6, 6.07) is 9.97.